The SMILES string of the molecule is NCC1Cc2ncccc2Oc2c(F)cccc21. The van der Waals surface area contributed by atoms with E-state index < -0.39 is 0 Å². The van der Waals surface area contributed by atoms with E-state index in [1.54, 1.807) is 24.4 Å². The van der Waals surface area contributed by atoms with Crippen molar-refractivity contribution in [1.29, 1.82) is 0 Å². The first-order valence-electron chi connectivity index (χ1n) is 5.90. The van der Waals surface area contributed by atoms with E-state index in [2.05, 4.69) is 4.98 Å². The molecule has 1 aromatic heterocycles. The van der Waals surface area contributed by atoms with Gasteiger partial charge in [-0.25, -0.2) is 4.39 Å². The minimum Gasteiger partial charge on any atom is -0.452 e. The van der Waals surface area contributed by atoms with Gasteiger partial charge in [-0.15, -0.1) is 0 Å². The van der Waals surface area contributed by atoms with Gasteiger partial charge < -0.3 is 10.5 Å². The van der Waals surface area contributed by atoms with Crippen LogP contribution in [-0.4, -0.2) is 11.5 Å². The van der Waals surface area contributed by atoms with Gasteiger partial charge in [0.05, 0.1) is 5.69 Å². The minimum atomic E-state index is -0.359. The predicted molar refractivity (Wildman–Crippen MR) is 66.2 cm³/mol. The normalized spacial score (nSPS) is 17.3. The summed E-state index contributed by atoms with van der Waals surface area (Å²) in [6.45, 7) is 0.440. The molecule has 0 bridgehead atoms. The van der Waals surface area contributed by atoms with E-state index in [9.17, 15) is 4.39 Å². The van der Waals surface area contributed by atoms with Gasteiger partial charge in [-0.2, -0.15) is 0 Å². The smallest absolute Gasteiger partial charge is 0.166 e. The first kappa shape index (κ1) is 11.2. The molecule has 0 spiro atoms. The molecule has 1 atom stereocenters. The number of halogens is 1. The van der Waals surface area contributed by atoms with Crippen molar-refractivity contribution in [3.63, 3.8) is 0 Å². The Labute approximate surface area is 104 Å². The van der Waals surface area contributed by atoms with Crippen LogP contribution >= 0.6 is 0 Å². The lowest BCUT2D eigenvalue weighted by Crippen LogP contribution is -2.15. The van der Waals surface area contributed by atoms with Gasteiger partial charge in [-0.05, 0) is 24.7 Å². The van der Waals surface area contributed by atoms with Crippen LogP contribution < -0.4 is 10.5 Å². The maximum absolute atomic E-state index is 13.9. The van der Waals surface area contributed by atoms with Gasteiger partial charge in [0.25, 0.3) is 0 Å². The third kappa shape index (κ3) is 1.75. The number of para-hydroxylation sites is 1. The minimum absolute atomic E-state index is 0.0341. The molecule has 3 rings (SSSR count). The van der Waals surface area contributed by atoms with Gasteiger partial charge in [0.2, 0.25) is 0 Å². The molecule has 1 unspecified atom stereocenters. The molecule has 2 heterocycles. The van der Waals surface area contributed by atoms with Crippen LogP contribution in [-0.2, 0) is 6.42 Å². The molecule has 0 saturated carbocycles. The summed E-state index contributed by atoms with van der Waals surface area (Å²) in [6, 6.07) is 8.53. The van der Waals surface area contributed by atoms with Gasteiger partial charge in [-0.1, -0.05) is 12.1 Å². The number of hydrogen-bond donors (Lipinski definition) is 1. The fourth-order valence-corrected chi connectivity index (χ4v) is 2.29. The highest BCUT2D eigenvalue weighted by Crippen LogP contribution is 2.39. The van der Waals surface area contributed by atoms with Crippen molar-refractivity contribution >= 4 is 0 Å². The maximum Gasteiger partial charge on any atom is 0.166 e. The van der Waals surface area contributed by atoms with E-state index in [4.69, 9.17) is 10.5 Å². The quantitative estimate of drug-likeness (QED) is 0.838. The summed E-state index contributed by atoms with van der Waals surface area (Å²) in [7, 11) is 0. The molecule has 1 aliphatic heterocycles. The highest BCUT2D eigenvalue weighted by atomic mass is 19.1. The number of ether oxygens (including phenoxy) is 1. The third-order valence-electron chi connectivity index (χ3n) is 3.22. The maximum atomic E-state index is 13.9. The van der Waals surface area contributed by atoms with Crippen LogP contribution in [0.5, 0.6) is 11.5 Å². The molecular weight excluding hydrogens is 231 g/mol. The summed E-state index contributed by atoms with van der Waals surface area (Å²) >= 11 is 0. The average molecular weight is 244 g/mol. The number of rotatable bonds is 1. The van der Waals surface area contributed by atoms with Crippen molar-refractivity contribution in [2.75, 3.05) is 6.54 Å². The summed E-state index contributed by atoms with van der Waals surface area (Å²) in [6.07, 6.45) is 2.38. The molecule has 0 radical (unpaired) electrons. The molecule has 2 aromatic rings. The molecule has 92 valence electrons. The highest BCUT2D eigenvalue weighted by molar-refractivity contribution is 5.45. The van der Waals surface area contributed by atoms with E-state index in [-0.39, 0.29) is 17.5 Å². The lowest BCUT2D eigenvalue weighted by atomic mass is 9.94. The van der Waals surface area contributed by atoms with Crippen LogP contribution in [0.4, 0.5) is 4.39 Å². The number of aromatic nitrogens is 1. The van der Waals surface area contributed by atoms with Crippen molar-refractivity contribution in [3.05, 3.63) is 53.6 Å². The number of fused-ring (bicyclic) bond motifs is 2. The van der Waals surface area contributed by atoms with Crippen LogP contribution in [0.2, 0.25) is 0 Å². The highest BCUT2D eigenvalue weighted by Gasteiger charge is 2.25. The molecule has 2 N–H and O–H groups in total. The Hall–Kier alpha value is -1.94. The molecule has 1 aromatic carbocycles. The van der Waals surface area contributed by atoms with E-state index in [1.165, 1.54) is 6.07 Å². The molecule has 0 saturated heterocycles. The second kappa shape index (κ2) is 4.38. The zero-order valence-electron chi connectivity index (χ0n) is 9.77. The first-order valence-corrected chi connectivity index (χ1v) is 5.90. The Morgan fingerprint density at radius 2 is 2.22 bits per heavy atom. The van der Waals surface area contributed by atoms with E-state index in [0.717, 1.165) is 11.3 Å². The van der Waals surface area contributed by atoms with Crippen LogP contribution in [0, 0.1) is 5.82 Å². The van der Waals surface area contributed by atoms with Crippen molar-refractivity contribution in [3.8, 4) is 11.5 Å². The van der Waals surface area contributed by atoms with Gasteiger partial charge in [0, 0.05) is 24.1 Å². The Balaban J connectivity index is 2.18. The molecule has 0 fully saturated rings. The number of hydrogen-bond acceptors (Lipinski definition) is 3. The Morgan fingerprint density at radius 1 is 1.33 bits per heavy atom. The predicted octanol–water partition coefficient (Wildman–Crippen LogP) is 2.61. The zero-order valence-corrected chi connectivity index (χ0v) is 9.77. The van der Waals surface area contributed by atoms with Crippen molar-refractivity contribution in [1.82, 2.24) is 4.98 Å². The molecule has 3 nitrogen and oxygen atoms in total. The van der Waals surface area contributed by atoms with Crippen LogP contribution in [0.3, 0.4) is 0 Å². The fourth-order valence-electron chi connectivity index (χ4n) is 2.29. The number of pyridine rings is 1. The third-order valence-corrected chi connectivity index (χ3v) is 3.22. The zero-order chi connectivity index (χ0) is 12.5. The van der Waals surface area contributed by atoms with E-state index in [0.29, 0.717) is 18.7 Å². The number of nitrogens with two attached hydrogens (primary N) is 1. The number of nitrogens with zero attached hydrogens (tertiary/aromatic N) is 1. The Kier molecular flexibility index (Phi) is 2.72. The lowest BCUT2D eigenvalue weighted by molar-refractivity contribution is 0.436. The van der Waals surface area contributed by atoms with Gasteiger partial charge in [-0.3, -0.25) is 4.98 Å². The summed E-state index contributed by atoms with van der Waals surface area (Å²) in [5.41, 5.74) is 7.43. The second-order valence-electron chi connectivity index (χ2n) is 4.35. The lowest BCUT2D eigenvalue weighted by Gasteiger charge is -2.14. The van der Waals surface area contributed by atoms with E-state index >= 15 is 0 Å². The summed E-state index contributed by atoms with van der Waals surface area (Å²) in [4.78, 5) is 4.29. The Morgan fingerprint density at radius 3 is 3.06 bits per heavy atom. The van der Waals surface area contributed by atoms with E-state index in [1.807, 2.05) is 6.07 Å². The average Bonchev–Trinajstić information content (AvgIpc) is 2.56. The Bertz CT molecular complexity index is 586. The fraction of sp³-hybridized carbons (Fsp3) is 0.214. The van der Waals surface area contributed by atoms with Crippen LogP contribution in [0.25, 0.3) is 0 Å². The van der Waals surface area contributed by atoms with Gasteiger partial charge in [0.1, 0.15) is 5.75 Å². The van der Waals surface area contributed by atoms with Crippen molar-refractivity contribution in [2.24, 2.45) is 5.73 Å². The van der Waals surface area contributed by atoms with Crippen molar-refractivity contribution in [2.45, 2.75) is 12.3 Å². The van der Waals surface area contributed by atoms with Gasteiger partial charge in [0.15, 0.2) is 11.6 Å². The topological polar surface area (TPSA) is 48.1 Å². The standard InChI is InChI=1S/C14H13FN2O/c15-11-4-1-3-10-9(8-16)7-12-13(18-14(10)11)5-2-6-17-12/h1-6,9H,7-8,16H2. The molecule has 1 aliphatic rings. The largest absolute Gasteiger partial charge is 0.452 e. The summed E-state index contributed by atoms with van der Waals surface area (Å²) < 4.78 is 19.5. The number of benzene rings is 1. The van der Waals surface area contributed by atoms with Crippen LogP contribution in [0.1, 0.15) is 17.2 Å². The van der Waals surface area contributed by atoms with Crippen LogP contribution in [0.15, 0.2) is 36.5 Å². The summed E-state index contributed by atoms with van der Waals surface area (Å²) in [5, 5.41) is 0. The molecule has 0 amide bonds. The first-order chi connectivity index (χ1) is 8.79. The van der Waals surface area contributed by atoms with Crippen molar-refractivity contribution < 1.29 is 9.13 Å². The molecule has 0 aliphatic carbocycles. The molecule has 4 heteroatoms. The second-order valence-corrected chi connectivity index (χ2v) is 4.35. The monoisotopic (exact) mass is 244 g/mol. The summed E-state index contributed by atoms with van der Waals surface area (Å²) in [5.74, 6) is 0.564. The van der Waals surface area contributed by atoms with Gasteiger partial charge >= 0.3 is 0 Å². The molecule has 18 heavy (non-hydrogen) atoms. The molecular formula is C14H13FN2O.